The molecule has 1 aromatic heterocycles. The fourth-order valence-corrected chi connectivity index (χ4v) is 1.95. The molecule has 1 N–H and O–H groups in total. The van der Waals surface area contributed by atoms with Crippen LogP contribution in [0.2, 0.25) is 0 Å². The summed E-state index contributed by atoms with van der Waals surface area (Å²) >= 11 is 0. The first-order valence-corrected chi connectivity index (χ1v) is 5.54. The summed E-state index contributed by atoms with van der Waals surface area (Å²) in [7, 11) is 5.57. The molecule has 0 radical (unpaired) electrons. The molecule has 0 saturated heterocycles. The lowest BCUT2D eigenvalue weighted by Crippen LogP contribution is -2.18. The number of hydrogen-bond donors (Lipinski definition) is 1. The van der Waals surface area contributed by atoms with E-state index in [1.807, 2.05) is 43.1 Å². The van der Waals surface area contributed by atoms with Crippen LogP contribution < -0.4 is 10.1 Å². The number of methoxy groups -OCH3 is 1. The Hall–Kier alpha value is -1.81. The quantitative estimate of drug-likeness (QED) is 0.871. The van der Waals surface area contributed by atoms with Gasteiger partial charge in [0, 0.05) is 18.8 Å². The van der Waals surface area contributed by atoms with Gasteiger partial charge in [-0.05, 0) is 13.1 Å². The second-order valence-corrected chi connectivity index (χ2v) is 3.93. The predicted molar refractivity (Wildman–Crippen MR) is 67.1 cm³/mol. The van der Waals surface area contributed by atoms with E-state index in [4.69, 9.17) is 4.74 Å². The van der Waals surface area contributed by atoms with Gasteiger partial charge in [0.15, 0.2) is 0 Å². The number of para-hydroxylation sites is 1. The molecule has 0 bridgehead atoms. The van der Waals surface area contributed by atoms with Crippen LogP contribution in [0.3, 0.4) is 0 Å². The zero-order valence-corrected chi connectivity index (χ0v) is 10.3. The van der Waals surface area contributed by atoms with Crippen LogP contribution in [0.25, 0.3) is 0 Å². The zero-order chi connectivity index (χ0) is 12.3. The third kappa shape index (κ3) is 2.31. The average molecular weight is 231 g/mol. The van der Waals surface area contributed by atoms with E-state index in [1.165, 1.54) is 0 Å². The minimum Gasteiger partial charge on any atom is -0.496 e. The molecule has 0 fully saturated rings. The number of benzene rings is 1. The summed E-state index contributed by atoms with van der Waals surface area (Å²) in [6, 6.07) is 8.03. The first-order chi connectivity index (χ1) is 8.26. The van der Waals surface area contributed by atoms with Gasteiger partial charge in [-0.15, -0.1) is 0 Å². The van der Waals surface area contributed by atoms with Crippen molar-refractivity contribution in [1.82, 2.24) is 14.9 Å². The second kappa shape index (κ2) is 5.01. The van der Waals surface area contributed by atoms with E-state index in [9.17, 15) is 0 Å². The molecule has 1 heterocycles. The van der Waals surface area contributed by atoms with Gasteiger partial charge in [-0.2, -0.15) is 0 Å². The van der Waals surface area contributed by atoms with Crippen molar-refractivity contribution in [3.05, 3.63) is 48.0 Å². The molecular formula is C13H17N3O. The Balaban J connectivity index is 2.41. The van der Waals surface area contributed by atoms with Crippen LogP contribution in [0.4, 0.5) is 0 Å². The number of aromatic nitrogens is 2. The van der Waals surface area contributed by atoms with E-state index in [-0.39, 0.29) is 6.04 Å². The minimum atomic E-state index is 0.0485. The number of nitrogens with one attached hydrogen (secondary N) is 1. The van der Waals surface area contributed by atoms with E-state index < -0.39 is 0 Å². The molecule has 2 aromatic rings. The van der Waals surface area contributed by atoms with Crippen LogP contribution in [0.1, 0.15) is 17.3 Å². The first-order valence-electron chi connectivity index (χ1n) is 5.54. The molecule has 0 aliphatic carbocycles. The van der Waals surface area contributed by atoms with Crippen LogP contribution in [-0.4, -0.2) is 23.7 Å². The van der Waals surface area contributed by atoms with Gasteiger partial charge in [0.25, 0.3) is 0 Å². The number of rotatable bonds is 4. The van der Waals surface area contributed by atoms with Crippen LogP contribution in [0.5, 0.6) is 5.75 Å². The van der Waals surface area contributed by atoms with Crippen LogP contribution in [0.15, 0.2) is 36.8 Å². The fraction of sp³-hybridized carbons (Fsp3) is 0.308. The minimum absolute atomic E-state index is 0.0485. The van der Waals surface area contributed by atoms with Gasteiger partial charge in [0.2, 0.25) is 0 Å². The summed E-state index contributed by atoms with van der Waals surface area (Å²) in [6.45, 7) is 0. The topological polar surface area (TPSA) is 39.1 Å². The summed E-state index contributed by atoms with van der Waals surface area (Å²) in [5, 5.41) is 3.27. The molecule has 1 unspecified atom stereocenters. The van der Waals surface area contributed by atoms with Crippen molar-refractivity contribution in [3.63, 3.8) is 0 Å². The van der Waals surface area contributed by atoms with Crippen molar-refractivity contribution >= 4 is 0 Å². The highest BCUT2D eigenvalue weighted by Crippen LogP contribution is 2.28. The number of nitrogens with zero attached hydrogens (tertiary/aromatic N) is 2. The largest absolute Gasteiger partial charge is 0.496 e. The lowest BCUT2D eigenvalue weighted by atomic mass is 10.0. The molecule has 0 aliphatic heterocycles. The fourth-order valence-electron chi connectivity index (χ4n) is 1.95. The Labute approximate surface area is 101 Å². The van der Waals surface area contributed by atoms with Gasteiger partial charge in [-0.25, -0.2) is 4.98 Å². The van der Waals surface area contributed by atoms with Crippen molar-refractivity contribution in [3.8, 4) is 5.75 Å². The van der Waals surface area contributed by atoms with Crippen molar-refractivity contribution in [2.45, 2.75) is 6.04 Å². The van der Waals surface area contributed by atoms with Gasteiger partial charge >= 0.3 is 0 Å². The van der Waals surface area contributed by atoms with Crippen molar-refractivity contribution < 1.29 is 4.74 Å². The standard InChI is InChI=1S/C13H17N3O/c1-14-13(11-8-16(2)9-15-11)10-6-4-5-7-12(10)17-3/h4-9,13-14H,1-3H3. The number of imidazole rings is 1. The van der Waals surface area contributed by atoms with Crippen molar-refractivity contribution in [2.75, 3.05) is 14.2 Å². The van der Waals surface area contributed by atoms with Crippen molar-refractivity contribution in [2.24, 2.45) is 7.05 Å². The number of hydrogen-bond acceptors (Lipinski definition) is 3. The number of aryl methyl sites for hydroxylation is 1. The Morgan fingerprint density at radius 1 is 1.35 bits per heavy atom. The molecule has 0 aliphatic rings. The van der Waals surface area contributed by atoms with E-state index in [0.29, 0.717) is 0 Å². The van der Waals surface area contributed by atoms with Gasteiger partial charge in [-0.3, -0.25) is 0 Å². The maximum absolute atomic E-state index is 5.38. The monoisotopic (exact) mass is 231 g/mol. The van der Waals surface area contributed by atoms with Crippen LogP contribution in [0, 0.1) is 0 Å². The van der Waals surface area contributed by atoms with E-state index in [0.717, 1.165) is 17.0 Å². The van der Waals surface area contributed by atoms with E-state index >= 15 is 0 Å². The average Bonchev–Trinajstić information content (AvgIpc) is 2.77. The molecule has 0 spiro atoms. The van der Waals surface area contributed by atoms with Crippen LogP contribution in [-0.2, 0) is 7.05 Å². The third-order valence-electron chi connectivity index (χ3n) is 2.76. The Morgan fingerprint density at radius 3 is 2.71 bits per heavy atom. The molecule has 17 heavy (non-hydrogen) atoms. The summed E-state index contributed by atoms with van der Waals surface area (Å²) in [5.41, 5.74) is 2.08. The van der Waals surface area contributed by atoms with Gasteiger partial charge in [-0.1, -0.05) is 18.2 Å². The van der Waals surface area contributed by atoms with Gasteiger partial charge in [0.05, 0.1) is 25.2 Å². The summed E-state index contributed by atoms with van der Waals surface area (Å²) < 4.78 is 7.32. The highest BCUT2D eigenvalue weighted by molar-refractivity contribution is 5.39. The number of ether oxygens (including phenoxy) is 1. The smallest absolute Gasteiger partial charge is 0.124 e. The molecule has 2 rings (SSSR count). The molecule has 90 valence electrons. The summed E-state index contributed by atoms with van der Waals surface area (Å²) in [6.07, 6.45) is 3.81. The molecule has 0 saturated carbocycles. The molecule has 4 heteroatoms. The van der Waals surface area contributed by atoms with E-state index in [1.54, 1.807) is 13.4 Å². The second-order valence-electron chi connectivity index (χ2n) is 3.93. The SMILES string of the molecule is CNC(c1cn(C)cn1)c1ccccc1OC. The summed E-state index contributed by atoms with van der Waals surface area (Å²) in [5.74, 6) is 0.873. The lowest BCUT2D eigenvalue weighted by Gasteiger charge is -2.17. The highest BCUT2D eigenvalue weighted by atomic mass is 16.5. The molecular weight excluding hydrogens is 214 g/mol. The normalized spacial score (nSPS) is 12.4. The first kappa shape index (κ1) is 11.7. The Kier molecular flexibility index (Phi) is 3.44. The zero-order valence-electron chi connectivity index (χ0n) is 10.3. The maximum atomic E-state index is 5.38. The maximum Gasteiger partial charge on any atom is 0.124 e. The predicted octanol–water partition coefficient (Wildman–Crippen LogP) is 1.74. The molecule has 1 atom stereocenters. The molecule has 4 nitrogen and oxygen atoms in total. The van der Waals surface area contributed by atoms with E-state index in [2.05, 4.69) is 16.4 Å². The Bertz CT molecular complexity index is 493. The highest BCUT2D eigenvalue weighted by Gasteiger charge is 2.17. The van der Waals surface area contributed by atoms with Crippen LogP contribution >= 0.6 is 0 Å². The van der Waals surface area contributed by atoms with Crippen molar-refractivity contribution in [1.29, 1.82) is 0 Å². The lowest BCUT2D eigenvalue weighted by molar-refractivity contribution is 0.405. The van der Waals surface area contributed by atoms with Gasteiger partial charge in [0.1, 0.15) is 5.75 Å². The Morgan fingerprint density at radius 2 is 2.12 bits per heavy atom. The third-order valence-corrected chi connectivity index (χ3v) is 2.76. The molecule has 0 amide bonds. The molecule has 1 aromatic carbocycles. The summed E-state index contributed by atoms with van der Waals surface area (Å²) in [4.78, 5) is 4.38. The van der Waals surface area contributed by atoms with Gasteiger partial charge < -0.3 is 14.6 Å².